The number of alkyl halides is 2. The lowest BCUT2D eigenvalue weighted by Gasteiger charge is -2.29. The van der Waals surface area contributed by atoms with Crippen molar-refractivity contribution in [1.82, 2.24) is 20.8 Å². The second-order valence-corrected chi connectivity index (χ2v) is 6.12. The van der Waals surface area contributed by atoms with Gasteiger partial charge in [-0.2, -0.15) is 18.7 Å². The van der Waals surface area contributed by atoms with Crippen LogP contribution >= 0.6 is 0 Å². The van der Waals surface area contributed by atoms with Crippen LogP contribution in [0.5, 0.6) is 0 Å². The lowest BCUT2D eigenvalue weighted by Crippen LogP contribution is -2.50. The molecule has 3 fully saturated rings. The van der Waals surface area contributed by atoms with E-state index in [-0.39, 0.29) is 25.5 Å². The number of nitrogens with zero attached hydrogens (tertiary/aromatic N) is 2. The molecule has 0 radical (unpaired) electrons. The summed E-state index contributed by atoms with van der Waals surface area (Å²) in [5.41, 5.74) is 2.30. The summed E-state index contributed by atoms with van der Waals surface area (Å²) in [5, 5.41) is 11.8. The number of urea groups is 1. The zero-order valence-electron chi connectivity index (χ0n) is 13.1. The summed E-state index contributed by atoms with van der Waals surface area (Å²) in [5.74, 6) is -3.05. The normalized spacial score (nSPS) is 29.2. The average Bonchev–Trinajstić information content (AvgIpc) is 3.16. The number of hydroxylamine groups is 3. The van der Waals surface area contributed by atoms with Gasteiger partial charge in [-0.15, -0.1) is 0 Å². The molecule has 0 aliphatic carbocycles. The van der Waals surface area contributed by atoms with Gasteiger partial charge in [-0.3, -0.25) is 9.63 Å². The van der Waals surface area contributed by atoms with Crippen molar-refractivity contribution in [1.29, 1.82) is 0 Å². The van der Waals surface area contributed by atoms with E-state index in [1.807, 2.05) is 0 Å². The molecule has 2 bridgehead atoms. The van der Waals surface area contributed by atoms with Gasteiger partial charge in [0.2, 0.25) is 0 Å². The quantitative estimate of drug-likeness (QED) is 0.532. The van der Waals surface area contributed by atoms with E-state index in [4.69, 9.17) is 9.94 Å². The number of aliphatic carboxylic acids is 1. The Morgan fingerprint density at radius 2 is 2.08 bits per heavy atom. The van der Waals surface area contributed by atoms with Crippen LogP contribution in [0, 0.1) is 0 Å². The van der Waals surface area contributed by atoms with E-state index in [0.717, 1.165) is 17.9 Å². The predicted molar refractivity (Wildman–Crippen MR) is 74.9 cm³/mol. The molecule has 3 N–H and O–H groups in total. The van der Waals surface area contributed by atoms with Crippen LogP contribution in [-0.4, -0.2) is 76.9 Å². The molecule has 3 aliphatic rings. The second-order valence-electron chi connectivity index (χ2n) is 6.12. The first-order chi connectivity index (χ1) is 11.8. The zero-order chi connectivity index (χ0) is 18.2. The number of hydrogen-bond donors (Lipinski definition) is 3. The van der Waals surface area contributed by atoms with Crippen molar-refractivity contribution >= 4 is 17.9 Å². The molecule has 12 heteroatoms. The molecule has 10 nitrogen and oxygen atoms in total. The average molecular weight is 364 g/mol. The fourth-order valence-electron chi connectivity index (χ4n) is 3.12. The molecular formula is C13H18F2N4O6. The van der Waals surface area contributed by atoms with Crippen molar-refractivity contribution in [3.8, 4) is 0 Å². The Bertz CT molecular complexity index is 571. The van der Waals surface area contributed by atoms with E-state index in [9.17, 15) is 23.2 Å². The molecule has 0 aromatic carbocycles. The standard InChI is InChI=1S/C13H18F2N4O6/c14-13(15,11(21)22)25-19-7-1-2-9(18(6-7)12(19)23)10(20)17-24-8-3-4-16-5-8/h7-9,16H,1-6H2,(H,17,20)(H,21,22)/t7-,8+,9+/m1/s1. The maximum Gasteiger partial charge on any atom is 0.476 e. The lowest BCUT2D eigenvalue weighted by atomic mass is 10.0. The Morgan fingerprint density at radius 1 is 1.32 bits per heavy atom. The predicted octanol–water partition coefficient (Wildman–Crippen LogP) is -0.726. The van der Waals surface area contributed by atoms with Crippen LogP contribution < -0.4 is 10.8 Å². The summed E-state index contributed by atoms with van der Waals surface area (Å²) < 4.78 is 26.5. The third-order valence-electron chi connectivity index (χ3n) is 4.43. The van der Waals surface area contributed by atoms with Crippen molar-refractivity contribution in [2.24, 2.45) is 0 Å². The van der Waals surface area contributed by atoms with Crippen molar-refractivity contribution in [3.05, 3.63) is 0 Å². The molecule has 3 amide bonds. The Balaban J connectivity index is 1.60. The molecule has 0 saturated carbocycles. The number of rotatable bonds is 6. The van der Waals surface area contributed by atoms with Crippen molar-refractivity contribution in [2.45, 2.75) is 43.6 Å². The van der Waals surface area contributed by atoms with Crippen molar-refractivity contribution in [2.75, 3.05) is 19.6 Å². The molecule has 3 heterocycles. The van der Waals surface area contributed by atoms with Crippen LogP contribution in [0.2, 0.25) is 0 Å². The highest BCUT2D eigenvalue weighted by atomic mass is 19.3. The summed E-state index contributed by atoms with van der Waals surface area (Å²) in [6, 6.07) is -2.59. The fourth-order valence-corrected chi connectivity index (χ4v) is 3.12. The van der Waals surface area contributed by atoms with E-state index >= 15 is 0 Å². The number of carbonyl (C=O) groups is 3. The molecule has 0 unspecified atom stereocenters. The summed E-state index contributed by atoms with van der Waals surface area (Å²) in [6.45, 7) is 1.37. The molecule has 0 aromatic heterocycles. The summed E-state index contributed by atoms with van der Waals surface area (Å²) in [4.78, 5) is 45.4. The zero-order valence-corrected chi connectivity index (χ0v) is 13.1. The van der Waals surface area contributed by atoms with Gasteiger partial charge >= 0.3 is 18.1 Å². The van der Waals surface area contributed by atoms with E-state index in [2.05, 4.69) is 15.6 Å². The van der Waals surface area contributed by atoms with Gasteiger partial charge in [-0.05, 0) is 25.8 Å². The Kier molecular flexibility index (Phi) is 4.75. The summed E-state index contributed by atoms with van der Waals surface area (Å²) in [7, 11) is 0. The van der Waals surface area contributed by atoms with Crippen LogP contribution in [0.15, 0.2) is 0 Å². The third kappa shape index (κ3) is 3.50. The van der Waals surface area contributed by atoms with Gasteiger partial charge in [-0.25, -0.2) is 15.1 Å². The number of nitrogens with one attached hydrogen (secondary N) is 2. The minimum atomic E-state index is -4.52. The molecule has 25 heavy (non-hydrogen) atoms. The number of amides is 3. The monoisotopic (exact) mass is 364 g/mol. The maximum absolute atomic E-state index is 13.2. The van der Waals surface area contributed by atoms with Crippen LogP contribution in [-0.2, 0) is 19.3 Å². The van der Waals surface area contributed by atoms with Gasteiger partial charge in [-0.1, -0.05) is 0 Å². The molecule has 3 rings (SSSR count). The van der Waals surface area contributed by atoms with Crippen LogP contribution in [0.3, 0.4) is 0 Å². The van der Waals surface area contributed by atoms with Gasteiger partial charge in [0.25, 0.3) is 5.91 Å². The number of carboxylic acid groups (broad SMARTS) is 1. The number of carboxylic acids is 1. The molecule has 3 atom stereocenters. The number of hydrogen-bond acceptors (Lipinski definition) is 6. The van der Waals surface area contributed by atoms with Gasteiger partial charge in [0.05, 0.1) is 12.1 Å². The molecule has 3 aliphatic heterocycles. The molecular weight excluding hydrogens is 346 g/mol. The first-order valence-corrected chi connectivity index (χ1v) is 7.86. The third-order valence-corrected chi connectivity index (χ3v) is 4.43. The smallest absolute Gasteiger partial charge is 0.475 e. The highest BCUT2D eigenvalue weighted by molar-refractivity contribution is 5.88. The lowest BCUT2D eigenvalue weighted by molar-refractivity contribution is -0.327. The number of fused-ring (bicyclic) bond motifs is 2. The fraction of sp³-hybridized carbons (Fsp3) is 0.769. The molecule has 140 valence electrons. The number of halogens is 2. The Hall–Kier alpha value is -2.05. The van der Waals surface area contributed by atoms with Crippen molar-refractivity contribution < 1.29 is 37.9 Å². The highest BCUT2D eigenvalue weighted by Gasteiger charge is 2.53. The minimum absolute atomic E-state index is 0.00238. The van der Waals surface area contributed by atoms with Gasteiger partial charge in [0, 0.05) is 13.1 Å². The van der Waals surface area contributed by atoms with E-state index < -0.39 is 36.1 Å². The maximum atomic E-state index is 13.2. The molecule has 3 saturated heterocycles. The number of carbonyl (C=O) groups excluding carboxylic acids is 2. The van der Waals surface area contributed by atoms with Gasteiger partial charge in [0.15, 0.2) is 0 Å². The van der Waals surface area contributed by atoms with E-state index in [1.54, 1.807) is 0 Å². The topological polar surface area (TPSA) is 120 Å². The van der Waals surface area contributed by atoms with Crippen LogP contribution in [0.1, 0.15) is 19.3 Å². The van der Waals surface area contributed by atoms with Crippen molar-refractivity contribution in [3.63, 3.8) is 0 Å². The minimum Gasteiger partial charge on any atom is -0.475 e. The Morgan fingerprint density at radius 3 is 2.72 bits per heavy atom. The first kappa shape index (κ1) is 17.8. The second kappa shape index (κ2) is 6.69. The molecule has 0 spiro atoms. The van der Waals surface area contributed by atoms with Gasteiger partial charge in [0.1, 0.15) is 6.04 Å². The summed E-state index contributed by atoms with van der Waals surface area (Å²) in [6.07, 6.45) is -3.50. The summed E-state index contributed by atoms with van der Waals surface area (Å²) >= 11 is 0. The highest BCUT2D eigenvalue weighted by Crippen LogP contribution is 2.33. The first-order valence-electron chi connectivity index (χ1n) is 7.86. The largest absolute Gasteiger partial charge is 0.476 e. The van der Waals surface area contributed by atoms with Crippen LogP contribution in [0.4, 0.5) is 13.6 Å². The van der Waals surface area contributed by atoms with Gasteiger partial charge < -0.3 is 15.3 Å². The van der Waals surface area contributed by atoms with E-state index in [0.29, 0.717) is 11.6 Å². The SMILES string of the molecule is O=C(NO[C@H]1CCNC1)[C@@H]1CC[C@@H]2CN1C(=O)N2OC(F)(F)C(=O)O. The molecule has 0 aromatic rings. The van der Waals surface area contributed by atoms with Crippen LogP contribution in [0.25, 0.3) is 0 Å². The van der Waals surface area contributed by atoms with E-state index in [1.165, 1.54) is 0 Å². The number of piperidine rings is 1. The Labute approximate surface area is 140 Å².